The highest BCUT2D eigenvalue weighted by atomic mass is 15.3. The number of hydrogen-bond acceptors (Lipinski definition) is 3. The number of piperazine rings is 1. The molecule has 2 rings (SSSR count). The molecule has 1 fully saturated rings. The summed E-state index contributed by atoms with van der Waals surface area (Å²) in [6, 6.07) is 7.82. The monoisotopic (exact) mass is 289 g/mol. The lowest BCUT2D eigenvalue weighted by Crippen LogP contribution is -2.48. The Bertz CT molecular complexity index is 448. The Morgan fingerprint density at radius 2 is 1.81 bits per heavy atom. The van der Waals surface area contributed by atoms with Gasteiger partial charge in [0.2, 0.25) is 0 Å². The molecule has 1 aromatic rings. The molecule has 0 amide bonds. The van der Waals surface area contributed by atoms with Crippen LogP contribution in [0.3, 0.4) is 0 Å². The number of benzene rings is 1. The normalized spacial score (nSPS) is 18.3. The lowest BCUT2D eigenvalue weighted by molar-refractivity contribution is 0.209. The van der Waals surface area contributed by atoms with Crippen molar-refractivity contribution in [1.29, 1.82) is 0 Å². The highest BCUT2D eigenvalue weighted by Gasteiger charge is 2.19. The number of hydrogen-bond donors (Lipinski definition) is 1. The summed E-state index contributed by atoms with van der Waals surface area (Å²) in [6.45, 7) is 13.5. The van der Waals surface area contributed by atoms with Crippen LogP contribution in [-0.2, 0) is 6.42 Å². The van der Waals surface area contributed by atoms with E-state index in [9.17, 15) is 0 Å². The first-order chi connectivity index (χ1) is 10.0. The molecule has 1 aromatic carbocycles. The fourth-order valence-electron chi connectivity index (χ4n) is 3.03. The summed E-state index contributed by atoms with van der Waals surface area (Å²) in [6.07, 6.45) is 2.03. The number of nitrogens with zero attached hydrogens (tertiary/aromatic N) is 2. The summed E-state index contributed by atoms with van der Waals surface area (Å²) in [7, 11) is 0. The Morgan fingerprint density at radius 1 is 1.14 bits per heavy atom. The van der Waals surface area contributed by atoms with Crippen molar-refractivity contribution in [1.82, 2.24) is 4.90 Å². The minimum atomic E-state index is 0.282. The molecule has 1 atom stereocenters. The van der Waals surface area contributed by atoms with E-state index in [4.69, 9.17) is 5.73 Å². The van der Waals surface area contributed by atoms with Crippen molar-refractivity contribution < 1.29 is 0 Å². The zero-order valence-corrected chi connectivity index (χ0v) is 14.1. The second kappa shape index (κ2) is 7.28. The van der Waals surface area contributed by atoms with E-state index in [1.807, 2.05) is 0 Å². The van der Waals surface area contributed by atoms with Crippen LogP contribution in [0.1, 0.15) is 38.3 Å². The zero-order chi connectivity index (χ0) is 15.4. The summed E-state index contributed by atoms with van der Waals surface area (Å²) >= 11 is 0. The third-order valence-corrected chi connectivity index (χ3v) is 4.74. The maximum atomic E-state index is 6.08. The van der Waals surface area contributed by atoms with E-state index in [2.05, 4.69) is 55.7 Å². The minimum absolute atomic E-state index is 0.282. The van der Waals surface area contributed by atoms with Gasteiger partial charge in [-0.15, -0.1) is 0 Å². The van der Waals surface area contributed by atoms with E-state index in [0.717, 1.165) is 25.9 Å². The van der Waals surface area contributed by atoms with Gasteiger partial charge < -0.3 is 10.6 Å². The van der Waals surface area contributed by atoms with Crippen molar-refractivity contribution in [2.75, 3.05) is 31.1 Å². The van der Waals surface area contributed by atoms with Crippen LogP contribution in [0.25, 0.3) is 0 Å². The lowest BCUT2D eigenvalue weighted by Gasteiger charge is -2.38. The maximum absolute atomic E-state index is 6.08. The van der Waals surface area contributed by atoms with Crippen LogP contribution in [-0.4, -0.2) is 43.2 Å². The molecule has 0 saturated carbocycles. The van der Waals surface area contributed by atoms with Gasteiger partial charge in [0.05, 0.1) is 0 Å². The van der Waals surface area contributed by atoms with Crippen LogP contribution in [0, 0.1) is 6.92 Å². The topological polar surface area (TPSA) is 32.5 Å². The predicted octanol–water partition coefficient (Wildman–Crippen LogP) is 2.81. The van der Waals surface area contributed by atoms with Crippen LogP contribution < -0.4 is 10.6 Å². The van der Waals surface area contributed by atoms with Crippen LogP contribution >= 0.6 is 0 Å². The molecule has 1 unspecified atom stereocenters. The SMILES string of the molecule is CCC(N)Cc1ccc(N2CCN(C(C)C)CC2)cc1C. The highest BCUT2D eigenvalue weighted by Crippen LogP contribution is 2.22. The molecule has 3 heteroatoms. The van der Waals surface area contributed by atoms with Gasteiger partial charge >= 0.3 is 0 Å². The Kier molecular flexibility index (Phi) is 5.65. The van der Waals surface area contributed by atoms with E-state index in [-0.39, 0.29) is 6.04 Å². The van der Waals surface area contributed by atoms with Gasteiger partial charge in [-0.2, -0.15) is 0 Å². The largest absolute Gasteiger partial charge is 0.369 e. The van der Waals surface area contributed by atoms with Crippen molar-refractivity contribution >= 4 is 5.69 Å². The Balaban J connectivity index is 2.00. The molecule has 118 valence electrons. The number of rotatable bonds is 5. The van der Waals surface area contributed by atoms with E-state index < -0.39 is 0 Å². The van der Waals surface area contributed by atoms with Gasteiger partial charge in [0.1, 0.15) is 0 Å². The third kappa shape index (κ3) is 4.21. The Morgan fingerprint density at radius 3 is 2.33 bits per heavy atom. The van der Waals surface area contributed by atoms with Crippen LogP contribution in [0.15, 0.2) is 18.2 Å². The van der Waals surface area contributed by atoms with E-state index >= 15 is 0 Å². The summed E-state index contributed by atoms with van der Waals surface area (Å²) in [5.41, 5.74) is 10.2. The van der Waals surface area contributed by atoms with Crippen LogP contribution in [0.4, 0.5) is 5.69 Å². The van der Waals surface area contributed by atoms with Gasteiger partial charge in [-0.05, 0) is 56.9 Å². The molecular weight excluding hydrogens is 258 g/mol. The van der Waals surface area contributed by atoms with Gasteiger partial charge in [0.25, 0.3) is 0 Å². The molecule has 0 spiro atoms. The van der Waals surface area contributed by atoms with Gasteiger partial charge in [-0.25, -0.2) is 0 Å². The van der Waals surface area contributed by atoms with Crippen LogP contribution in [0.5, 0.6) is 0 Å². The average molecular weight is 289 g/mol. The molecular formula is C18H31N3. The van der Waals surface area contributed by atoms with Crippen molar-refractivity contribution in [2.45, 2.75) is 52.6 Å². The van der Waals surface area contributed by atoms with Crippen molar-refractivity contribution in [2.24, 2.45) is 5.73 Å². The quantitative estimate of drug-likeness (QED) is 0.904. The van der Waals surface area contributed by atoms with Crippen molar-refractivity contribution in [3.05, 3.63) is 29.3 Å². The second-order valence-electron chi connectivity index (χ2n) is 6.60. The van der Waals surface area contributed by atoms with Gasteiger partial charge in [-0.1, -0.05) is 13.0 Å². The summed E-state index contributed by atoms with van der Waals surface area (Å²) in [5.74, 6) is 0. The van der Waals surface area contributed by atoms with Gasteiger partial charge in [0, 0.05) is 44.0 Å². The van der Waals surface area contributed by atoms with E-state index in [0.29, 0.717) is 6.04 Å². The molecule has 2 N–H and O–H groups in total. The molecule has 0 radical (unpaired) electrons. The van der Waals surface area contributed by atoms with Crippen molar-refractivity contribution in [3.63, 3.8) is 0 Å². The maximum Gasteiger partial charge on any atom is 0.0369 e. The molecule has 1 aliphatic heterocycles. The van der Waals surface area contributed by atoms with Gasteiger partial charge in [0.15, 0.2) is 0 Å². The van der Waals surface area contributed by atoms with Gasteiger partial charge in [-0.3, -0.25) is 4.90 Å². The molecule has 3 nitrogen and oxygen atoms in total. The van der Waals surface area contributed by atoms with Crippen LogP contribution in [0.2, 0.25) is 0 Å². The summed E-state index contributed by atoms with van der Waals surface area (Å²) < 4.78 is 0. The van der Waals surface area contributed by atoms with Crippen molar-refractivity contribution in [3.8, 4) is 0 Å². The summed E-state index contributed by atoms with van der Waals surface area (Å²) in [5, 5.41) is 0. The third-order valence-electron chi connectivity index (χ3n) is 4.74. The molecule has 0 aromatic heterocycles. The Hall–Kier alpha value is -1.06. The summed E-state index contributed by atoms with van der Waals surface area (Å²) in [4.78, 5) is 5.06. The van der Waals surface area contributed by atoms with E-state index in [1.165, 1.54) is 29.9 Å². The van der Waals surface area contributed by atoms with E-state index in [1.54, 1.807) is 0 Å². The fourth-order valence-corrected chi connectivity index (χ4v) is 3.03. The predicted molar refractivity (Wildman–Crippen MR) is 92.1 cm³/mol. The molecule has 0 aliphatic carbocycles. The first kappa shape index (κ1) is 16.3. The molecule has 21 heavy (non-hydrogen) atoms. The standard InChI is InChI=1S/C18H31N3/c1-5-17(19)13-16-6-7-18(12-15(16)4)21-10-8-20(9-11-21)14(2)3/h6-7,12,14,17H,5,8-11,13,19H2,1-4H3. The molecule has 1 saturated heterocycles. The number of nitrogens with two attached hydrogens (primary N) is 1. The minimum Gasteiger partial charge on any atom is -0.369 e. The molecule has 0 bridgehead atoms. The number of anilines is 1. The molecule has 1 aliphatic rings. The smallest absolute Gasteiger partial charge is 0.0369 e. The Labute approximate surface area is 130 Å². The lowest BCUT2D eigenvalue weighted by atomic mass is 9.99. The second-order valence-corrected chi connectivity index (χ2v) is 6.60. The number of aryl methyl sites for hydroxylation is 1. The first-order valence-electron chi connectivity index (χ1n) is 8.35. The molecule has 1 heterocycles. The fraction of sp³-hybridized carbons (Fsp3) is 0.667. The first-order valence-corrected chi connectivity index (χ1v) is 8.35. The highest BCUT2D eigenvalue weighted by molar-refractivity contribution is 5.51. The zero-order valence-electron chi connectivity index (χ0n) is 14.1. The average Bonchev–Trinajstić information content (AvgIpc) is 2.49.